The molecular formula is C23H23FN8O2. The zero-order valence-corrected chi connectivity index (χ0v) is 18.7. The largest absolute Gasteiger partial charge is 0.387 e. The zero-order chi connectivity index (χ0) is 23.9. The van der Waals surface area contributed by atoms with E-state index in [9.17, 15) is 9.50 Å². The van der Waals surface area contributed by atoms with Crippen molar-refractivity contribution in [1.29, 1.82) is 5.26 Å². The van der Waals surface area contributed by atoms with E-state index in [0.717, 1.165) is 16.9 Å². The quantitative estimate of drug-likeness (QED) is 0.429. The monoisotopic (exact) mass is 462 g/mol. The molecule has 0 aliphatic carbocycles. The predicted octanol–water partition coefficient (Wildman–Crippen LogP) is 2.45. The van der Waals surface area contributed by atoms with Crippen molar-refractivity contribution in [2.75, 3.05) is 18.5 Å². The Balaban J connectivity index is 1.50. The summed E-state index contributed by atoms with van der Waals surface area (Å²) in [5, 5.41) is 35.1. The molecule has 1 atom stereocenters. The highest BCUT2D eigenvalue weighted by atomic mass is 19.1. The number of fused-ring (bicyclic) bond motifs is 1. The maximum atomic E-state index is 14.3. The van der Waals surface area contributed by atoms with Crippen LogP contribution < -0.4 is 5.32 Å². The van der Waals surface area contributed by atoms with Crippen LogP contribution in [-0.4, -0.2) is 65.7 Å². The molecule has 11 heteroatoms. The van der Waals surface area contributed by atoms with Crippen molar-refractivity contribution in [2.24, 2.45) is 0 Å². The fourth-order valence-electron chi connectivity index (χ4n) is 3.61. The van der Waals surface area contributed by atoms with E-state index in [4.69, 9.17) is 10.00 Å². The van der Waals surface area contributed by atoms with Gasteiger partial charge in [0.1, 0.15) is 17.9 Å². The lowest BCUT2D eigenvalue weighted by Crippen LogP contribution is -2.40. The van der Waals surface area contributed by atoms with Crippen molar-refractivity contribution in [3.05, 3.63) is 48.4 Å². The van der Waals surface area contributed by atoms with E-state index < -0.39 is 11.8 Å². The molecule has 174 valence electrons. The third kappa shape index (κ3) is 4.21. The molecule has 5 heterocycles. The number of nitriles is 1. The van der Waals surface area contributed by atoms with Crippen molar-refractivity contribution in [2.45, 2.75) is 38.2 Å². The third-order valence-corrected chi connectivity index (χ3v) is 5.72. The van der Waals surface area contributed by atoms with Crippen LogP contribution >= 0.6 is 0 Å². The first-order valence-electron chi connectivity index (χ1n) is 10.8. The molecule has 0 radical (unpaired) electrons. The predicted molar refractivity (Wildman–Crippen MR) is 122 cm³/mol. The summed E-state index contributed by atoms with van der Waals surface area (Å²) in [4.78, 5) is 4.62. The van der Waals surface area contributed by atoms with Crippen molar-refractivity contribution < 1.29 is 14.2 Å². The molecule has 1 saturated heterocycles. The normalized spacial score (nSPS) is 15.1. The Morgan fingerprint density at radius 2 is 2.12 bits per heavy atom. The van der Waals surface area contributed by atoms with Gasteiger partial charge in [-0.3, -0.25) is 4.98 Å². The minimum Gasteiger partial charge on any atom is -0.387 e. The van der Waals surface area contributed by atoms with E-state index in [2.05, 4.69) is 31.8 Å². The molecular weight excluding hydrogens is 439 g/mol. The number of alkyl halides is 1. The van der Waals surface area contributed by atoms with Crippen molar-refractivity contribution in [1.82, 2.24) is 29.6 Å². The first kappa shape index (κ1) is 21.9. The second-order valence-corrected chi connectivity index (χ2v) is 8.85. The fraction of sp³-hybridized carbons (Fsp3) is 0.348. The average Bonchev–Trinajstić information content (AvgIpc) is 3.42. The molecule has 1 aliphatic rings. The lowest BCUT2D eigenvalue weighted by molar-refractivity contribution is -0.0120. The second kappa shape index (κ2) is 8.48. The minimum atomic E-state index is -1.50. The fourth-order valence-corrected chi connectivity index (χ4v) is 3.61. The summed E-state index contributed by atoms with van der Waals surface area (Å²) < 4.78 is 22.7. The van der Waals surface area contributed by atoms with Gasteiger partial charge < -0.3 is 15.2 Å². The average molecular weight is 462 g/mol. The third-order valence-electron chi connectivity index (χ3n) is 5.72. The van der Waals surface area contributed by atoms with Crippen LogP contribution in [-0.2, 0) is 11.3 Å². The van der Waals surface area contributed by atoms with Gasteiger partial charge in [-0.15, -0.1) is 5.10 Å². The van der Waals surface area contributed by atoms with Crippen LogP contribution in [0.15, 0.2) is 42.9 Å². The van der Waals surface area contributed by atoms with Crippen LogP contribution in [0.3, 0.4) is 0 Å². The van der Waals surface area contributed by atoms with Crippen LogP contribution in [0.4, 0.5) is 10.1 Å². The summed E-state index contributed by atoms with van der Waals surface area (Å²) in [5.41, 5.74) is 3.27. The highest BCUT2D eigenvalue weighted by Crippen LogP contribution is 2.31. The molecule has 1 unspecified atom stereocenters. The van der Waals surface area contributed by atoms with Gasteiger partial charge in [-0.25, -0.2) is 13.6 Å². The van der Waals surface area contributed by atoms with Gasteiger partial charge in [0, 0.05) is 17.4 Å². The number of nitrogens with one attached hydrogen (secondary N) is 1. The number of ether oxygens (including phenoxy) is 1. The SMILES string of the molecule is CC(C)(O)C(F)Cn1cc(-c2cnc(-c3ccc4cc(C#N)cnn34)cc2NC2COC2)nn1. The lowest BCUT2D eigenvalue weighted by atomic mass is 10.0. The Morgan fingerprint density at radius 1 is 1.29 bits per heavy atom. The smallest absolute Gasteiger partial charge is 0.148 e. The summed E-state index contributed by atoms with van der Waals surface area (Å²) in [5.74, 6) is 0. The number of hydrogen-bond acceptors (Lipinski definition) is 8. The minimum absolute atomic E-state index is 0.117. The zero-order valence-electron chi connectivity index (χ0n) is 18.7. The number of pyridine rings is 1. The van der Waals surface area contributed by atoms with Crippen LogP contribution in [0.25, 0.3) is 28.2 Å². The van der Waals surface area contributed by atoms with Gasteiger partial charge >= 0.3 is 0 Å². The number of aliphatic hydroxyl groups is 1. The molecule has 5 rings (SSSR count). The number of rotatable bonds is 7. The number of nitrogens with zero attached hydrogens (tertiary/aromatic N) is 7. The molecule has 0 aromatic carbocycles. The van der Waals surface area contributed by atoms with Gasteiger partial charge in [-0.1, -0.05) is 5.21 Å². The van der Waals surface area contributed by atoms with Gasteiger partial charge in [0.25, 0.3) is 0 Å². The van der Waals surface area contributed by atoms with E-state index in [1.807, 2.05) is 18.2 Å². The van der Waals surface area contributed by atoms with Gasteiger partial charge in [-0.2, -0.15) is 10.4 Å². The Kier molecular flexibility index (Phi) is 5.47. The van der Waals surface area contributed by atoms with E-state index >= 15 is 0 Å². The highest BCUT2D eigenvalue weighted by Gasteiger charge is 2.28. The Hall–Kier alpha value is -3.88. The standard InChI is InChI=1S/C23H23FN8O2/c1-23(2,33)22(24)11-31-10-20(29-30-31)17-9-26-19(6-18(17)28-15-12-34-13-15)21-4-3-16-5-14(7-25)8-27-32(16)21/h3-6,8-10,15,22,33H,11-13H2,1-2H3,(H,26,28). The van der Waals surface area contributed by atoms with Crippen molar-refractivity contribution in [3.63, 3.8) is 0 Å². The number of anilines is 1. The molecule has 10 nitrogen and oxygen atoms in total. The molecule has 0 spiro atoms. The summed E-state index contributed by atoms with van der Waals surface area (Å²) >= 11 is 0. The number of aromatic nitrogens is 6. The van der Waals surface area contributed by atoms with Gasteiger partial charge in [0.2, 0.25) is 0 Å². The molecule has 34 heavy (non-hydrogen) atoms. The van der Waals surface area contributed by atoms with Gasteiger partial charge in [-0.05, 0) is 38.1 Å². The molecule has 0 bridgehead atoms. The maximum absolute atomic E-state index is 14.3. The van der Waals surface area contributed by atoms with E-state index in [1.165, 1.54) is 24.7 Å². The first-order valence-corrected chi connectivity index (χ1v) is 10.8. The molecule has 2 N–H and O–H groups in total. The van der Waals surface area contributed by atoms with Gasteiger partial charge in [0.15, 0.2) is 0 Å². The molecule has 4 aromatic heterocycles. The van der Waals surface area contributed by atoms with Crippen LogP contribution in [0, 0.1) is 11.3 Å². The van der Waals surface area contributed by atoms with Crippen LogP contribution in [0.1, 0.15) is 19.4 Å². The molecule has 4 aromatic rings. The van der Waals surface area contributed by atoms with E-state index in [0.29, 0.717) is 35.7 Å². The molecule has 0 saturated carbocycles. The summed E-state index contributed by atoms with van der Waals surface area (Å²) in [6, 6.07) is 9.69. The maximum Gasteiger partial charge on any atom is 0.148 e. The summed E-state index contributed by atoms with van der Waals surface area (Å²) in [6.45, 7) is 3.90. The summed E-state index contributed by atoms with van der Waals surface area (Å²) in [7, 11) is 0. The highest BCUT2D eigenvalue weighted by molar-refractivity contribution is 5.79. The first-order chi connectivity index (χ1) is 16.3. The second-order valence-electron chi connectivity index (χ2n) is 8.85. The Morgan fingerprint density at radius 3 is 2.82 bits per heavy atom. The van der Waals surface area contributed by atoms with Gasteiger partial charge in [0.05, 0.1) is 66.3 Å². The number of halogens is 1. The van der Waals surface area contributed by atoms with E-state index in [1.54, 1.807) is 23.0 Å². The molecule has 0 amide bonds. The Labute approximate surface area is 194 Å². The van der Waals surface area contributed by atoms with Crippen molar-refractivity contribution >= 4 is 11.2 Å². The van der Waals surface area contributed by atoms with Crippen LogP contribution in [0.5, 0.6) is 0 Å². The van der Waals surface area contributed by atoms with Crippen LogP contribution in [0.2, 0.25) is 0 Å². The Bertz CT molecular complexity index is 1380. The number of hydrogen-bond donors (Lipinski definition) is 2. The molecule has 1 aliphatic heterocycles. The van der Waals surface area contributed by atoms with E-state index in [-0.39, 0.29) is 12.6 Å². The van der Waals surface area contributed by atoms with Crippen molar-refractivity contribution in [3.8, 4) is 28.7 Å². The molecule has 1 fully saturated rings. The lowest BCUT2D eigenvalue weighted by Gasteiger charge is -2.28. The summed E-state index contributed by atoms with van der Waals surface area (Å²) in [6.07, 6.45) is 3.34. The topological polar surface area (TPSA) is 126 Å².